The quantitative estimate of drug-likeness (QED) is 0.853. The molecule has 0 bridgehead atoms. The van der Waals surface area contributed by atoms with E-state index >= 15 is 0 Å². The second-order valence-corrected chi connectivity index (χ2v) is 4.68. The smallest absolute Gasteiger partial charge is 0.419 e. The third kappa shape index (κ3) is 2.04. The van der Waals surface area contributed by atoms with Gasteiger partial charge >= 0.3 is 11.8 Å². The fourth-order valence-electron chi connectivity index (χ4n) is 2.26. The van der Waals surface area contributed by atoms with E-state index in [0.29, 0.717) is 16.8 Å². The van der Waals surface area contributed by atoms with E-state index in [9.17, 15) is 14.4 Å². The second-order valence-electron chi connectivity index (χ2n) is 4.68. The van der Waals surface area contributed by atoms with E-state index in [4.69, 9.17) is 9.15 Å². The highest BCUT2D eigenvalue weighted by Crippen LogP contribution is 2.25. The number of amides is 2. The van der Waals surface area contributed by atoms with Crippen molar-refractivity contribution in [1.29, 1.82) is 0 Å². The van der Waals surface area contributed by atoms with E-state index in [1.54, 1.807) is 25.2 Å². The Kier molecular flexibility index (Phi) is 2.93. The minimum atomic E-state index is -0.846. The van der Waals surface area contributed by atoms with Crippen LogP contribution < -0.4 is 16.0 Å². The Morgan fingerprint density at radius 2 is 2.14 bits per heavy atom. The minimum absolute atomic E-state index is 0.112. The summed E-state index contributed by atoms with van der Waals surface area (Å²) in [6.07, 6.45) is -1.46. The number of nitrogens with one attached hydrogen (secondary N) is 1. The molecule has 3 rings (SSSR count). The van der Waals surface area contributed by atoms with Crippen LogP contribution in [0.15, 0.2) is 27.4 Å². The maximum absolute atomic E-state index is 11.8. The first kappa shape index (κ1) is 13.2. The van der Waals surface area contributed by atoms with Crippen LogP contribution >= 0.6 is 0 Å². The molecule has 8 heteroatoms. The van der Waals surface area contributed by atoms with Gasteiger partial charge in [0.2, 0.25) is 0 Å². The first-order chi connectivity index (χ1) is 10.0. The van der Waals surface area contributed by atoms with Gasteiger partial charge < -0.3 is 14.5 Å². The number of carbonyl (C=O) groups is 2. The third-order valence-corrected chi connectivity index (χ3v) is 3.44. The zero-order valence-corrected chi connectivity index (χ0v) is 11.5. The molecule has 1 saturated heterocycles. The van der Waals surface area contributed by atoms with Crippen LogP contribution in [0.1, 0.15) is 0 Å². The molecule has 1 N–H and O–H groups in total. The number of hydrogen-bond acceptors (Lipinski definition) is 5. The monoisotopic (exact) mass is 291 g/mol. The molecule has 21 heavy (non-hydrogen) atoms. The van der Waals surface area contributed by atoms with Gasteiger partial charge in [0, 0.05) is 20.2 Å². The predicted molar refractivity (Wildman–Crippen MR) is 73.1 cm³/mol. The van der Waals surface area contributed by atoms with Crippen molar-refractivity contribution in [3.8, 4) is 0 Å². The van der Waals surface area contributed by atoms with E-state index in [0.717, 1.165) is 0 Å². The normalized spacial score (nSPS) is 18.1. The summed E-state index contributed by atoms with van der Waals surface area (Å²) in [6.45, 7) is 0.112. The molecule has 1 aromatic carbocycles. The number of anilines is 1. The van der Waals surface area contributed by atoms with Gasteiger partial charge in [0.15, 0.2) is 11.7 Å². The number of carbonyl (C=O) groups excluding carboxylic acids is 2. The van der Waals surface area contributed by atoms with Crippen LogP contribution in [0.25, 0.3) is 11.1 Å². The first-order valence-electron chi connectivity index (χ1n) is 6.30. The Morgan fingerprint density at radius 3 is 2.86 bits per heavy atom. The molecule has 1 fully saturated rings. The van der Waals surface area contributed by atoms with E-state index < -0.39 is 18.0 Å². The SMILES string of the molecule is CNC(=O)[C@H]1CN(c2ccc3c(c2)oc(=O)n3C)C(=O)O1. The lowest BCUT2D eigenvalue weighted by molar-refractivity contribution is -0.127. The van der Waals surface area contributed by atoms with Gasteiger partial charge in [-0.2, -0.15) is 0 Å². The van der Waals surface area contributed by atoms with Crippen molar-refractivity contribution >= 4 is 28.8 Å². The zero-order chi connectivity index (χ0) is 15.1. The van der Waals surface area contributed by atoms with Gasteiger partial charge in [-0.15, -0.1) is 0 Å². The molecule has 2 aromatic rings. The average molecular weight is 291 g/mol. The highest BCUT2D eigenvalue weighted by molar-refractivity contribution is 5.96. The van der Waals surface area contributed by atoms with Gasteiger partial charge in [-0.05, 0) is 12.1 Å². The maximum atomic E-state index is 11.8. The number of oxazole rings is 1. The summed E-state index contributed by atoms with van der Waals surface area (Å²) >= 11 is 0. The molecular weight excluding hydrogens is 278 g/mol. The lowest BCUT2D eigenvalue weighted by atomic mass is 10.2. The fraction of sp³-hybridized carbons (Fsp3) is 0.308. The van der Waals surface area contributed by atoms with Gasteiger partial charge in [0.05, 0.1) is 17.7 Å². The summed E-state index contributed by atoms with van der Waals surface area (Å²) in [6, 6.07) is 4.92. The van der Waals surface area contributed by atoms with Crippen LogP contribution in [-0.2, 0) is 16.6 Å². The molecular formula is C13H13N3O5. The van der Waals surface area contributed by atoms with E-state index in [1.807, 2.05) is 0 Å². The Morgan fingerprint density at radius 1 is 1.38 bits per heavy atom. The van der Waals surface area contributed by atoms with Crippen LogP contribution in [-0.4, -0.2) is 36.3 Å². The third-order valence-electron chi connectivity index (χ3n) is 3.44. The number of aryl methyl sites for hydroxylation is 1. The van der Waals surface area contributed by atoms with E-state index in [1.165, 1.54) is 16.5 Å². The number of rotatable bonds is 2. The van der Waals surface area contributed by atoms with Gasteiger partial charge in [-0.25, -0.2) is 9.59 Å². The molecule has 2 amide bonds. The molecule has 0 aliphatic carbocycles. The lowest BCUT2D eigenvalue weighted by Crippen LogP contribution is -2.35. The van der Waals surface area contributed by atoms with Crippen LogP contribution in [0.4, 0.5) is 10.5 Å². The van der Waals surface area contributed by atoms with Crippen LogP contribution in [0.3, 0.4) is 0 Å². The molecule has 110 valence electrons. The van der Waals surface area contributed by atoms with Gasteiger partial charge in [0.25, 0.3) is 5.91 Å². The highest BCUT2D eigenvalue weighted by Gasteiger charge is 2.36. The zero-order valence-electron chi connectivity index (χ0n) is 11.5. The van der Waals surface area contributed by atoms with Crippen LogP contribution in [0, 0.1) is 0 Å². The van der Waals surface area contributed by atoms with Crippen molar-refractivity contribution in [3.63, 3.8) is 0 Å². The van der Waals surface area contributed by atoms with E-state index in [2.05, 4.69) is 5.32 Å². The Balaban J connectivity index is 1.95. The lowest BCUT2D eigenvalue weighted by Gasteiger charge is -2.12. The summed E-state index contributed by atoms with van der Waals surface area (Å²) in [7, 11) is 3.07. The maximum Gasteiger partial charge on any atom is 0.419 e. The molecule has 0 spiro atoms. The summed E-state index contributed by atoms with van der Waals surface area (Å²) in [4.78, 5) is 36.1. The molecule has 1 aliphatic rings. The number of fused-ring (bicyclic) bond motifs is 1. The number of cyclic esters (lactones) is 1. The second kappa shape index (κ2) is 4.65. The average Bonchev–Trinajstić information content (AvgIpc) is 2.99. The predicted octanol–water partition coefficient (Wildman–Crippen LogP) is 0.203. The number of hydrogen-bond donors (Lipinski definition) is 1. The summed E-state index contributed by atoms with van der Waals surface area (Å²) in [5.74, 6) is -0.840. The number of aromatic nitrogens is 1. The summed E-state index contributed by atoms with van der Waals surface area (Å²) in [5.41, 5.74) is 1.50. The van der Waals surface area contributed by atoms with Crippen molar-refractivity contribution in [3.05, 3.63) is 28.7 Å². The summed E-state index contributed by atoms with van der Waals surface area (Å²) < 4.78 is 11.4. The van der Waals surface area contributed by atoms with Crippen molar-refractivity contribution < 1.29 is 18.7 Å². The largest absolute Gasteiger partial charge is 0.434 e. The van der Waals surface area contributed by atoms with Crippen molar-refractivity contribution in [2.75, 3.05) is 18.5 Å². The minimum Gasteiger partial charge on any atom is -0.434 e. The molecule has 0 radical (unpaired) electrons. The highest BCUT2D eigenvalue weighted by atomic mass is 16.6. The van der Waals surface area contributed by atoms with E-state index in [-0.39, 0.29) is 12.5 Å². The van der Waals surface area contributed by atoms with Crippen molar-refractivity contribution in [1.82, 2.24) is 9.88 Å². The molecule has 0 unspecified atom stereocenters. The number of ether oxygens (including phenoxy) is 1. The molecule has 8 nitrogen and oxygen atoms in total. The molecule has 1 atom stereocenters. The Bertz CT molecular complexity index is 791. The summed E-state index contributed by atoms with van der Waals surface area (Å²) in [5, 5.41) is 2.43. The molecule has 1 aliphatic heterocycles. The topological polar surface area (TPSA) is 93.8 Å². The Labute approximate surface area is 118 Å². The molecule has 1 aromatic heterocycles. The molecule has 0 saturated carbocycles. The number of benzene rings is 1. The van der Waals surface area contributed by atoms with Gasteiger partial charge in [-0.3, -0.25) is 14.3 Å². The van der Waals surface area contributed by atoms with Crippen molar-refractivity contribution in [2.24, 2.45) is 7.05 Å². The molecule has 2 heterocycles. The van der Waals surface area contributed by atoms with Crippen molar-refractivity contribution in [2.45, 2.75) is 6.10 Å². The van der Waals surface area contributed by atoms with Gasteiger partial charge in [0.1, 0.15) is 0 Å². The van der Waals surface area contributed by atoms with Crippen LogP contribution in [0.2, 0.25) is 0 Å². The van der Waals surface area contributed by atoms with Gasteiger partial charge in [-0.1, -0.05) is 0 Å². The number of likely N-dealkylation sites (N-methyl/N-ethyl adjacent to an activating group) is 1. The standard InChI is InChI=1S/C13H13N3O5/c1-14-11(17)10-6-16(13(19)21-10)7-3-4-8-9(5-7)20-12(18)15(8)2/h3-5,10H,6H2,1-2H3,(H,14,17)/t10-/m1/s1. The fourth-order valence-corrected chi connectivity index (χ4v) is 2.26. The number of nitrogens with zero attached hydrogens (tertiary/aromatic N) is 2. The Hall–Kier alpha value is -2.77. The first-order valence-corrected chi connectivity index (χ1v) is 6.30. The van der Waals surface area contributed by atoms with Crippen LogP contribution in [0.5, 0.6) is 0 Å².